The summed E-state index contributed by atoms with van der Waals surface area (Å²) < 4.78 is 0. The smallest absolute Gasteiger partial charge is 0.00387 e. The molecule has 0 aliphatic heterocycles. The lowest BCUT2D eigenvalue weighted by Gasteiger charge is -2.12. The molecular weight excluding hydrogens is 206 g/mol. The Hall–Kier alpha value is -0.820. The molecule has 0 saturated heterocycles. The topological polar surface area (TPSA) is 12.0 Å². The molecule has 0 aliphatic carbocycles. The maximum atomic E-state index is 3.54. The first-order chi connectivity index (χ1) is 8.33. The highest BCUT2D eigenvalue weighted by Gasteiger charge is 1.99. The Bertz CT molecular complexity index is 268. The van der Waals surface area contributed by atoms with E-state index < -0.39 is 0 Å². The van der Waals surface area contributed by atoms with E-state index in [0.29, 0.717) is 6.04 Å². The van der Waals surface area contributed by atoms with Crippen molar-refractivity contribution in [1.29, 1.82) is 0 Å². The van der Waals surface area contributed by atoms with Gasteiger partial charge in [0.2, 0.25) is 0 Å². The van der Waals surface area contributed by atoms with E-state index in [-0.39, 0.29) is 0 Å². The van der Waals surface area contributed by atoms with E-state index in [1.807, 2.05) is 0 Å². The van der Waals surface area contributed by atoms with Crippen molar-refractivity contribution in [1.82, 2.24) is 5.32 Å². The van der Waals surface area contributed by atoms with E-state index in [1.54, 1.807) is 0 Å². The maximum Gasteiger partial charge on any atom is 0.00387 e. The van der Waals surface area contributed by atoms with Gasteiger partial charge in [-0.3, -0.25) is 0 Å². The minimum atomic E-state index is 0.687. The van der Waals surface area contributed by atoms with E-state index in [0.717, 1.165) is 6.54 Å². The van der Waals surface area contributed by atoms with Crippen LogP contribution < -0.4 is 5.32 Å². The summed E-state index contributed by atoms with van der Waals surface area (Å²) in [6.07, 6.45) is 7.81. The first-order valence-electron chi connectivity index (χ1n) is 7.10. The van der Waals surface area contributed by atoms with Gasteiger partial charge in [0.05, 0.1) is 0 Å². The molecule has 0 spiro atoms. The summed E-state index contributed by atoms with van der Waals surface area (Å²) in [6.45, 7) is 5.68. The van der Waals surface area contributed by atoms with Gasteiger partial charge in [-0.15, -0.1) is 0 Å². The van der Waals surface area contributed by atoms with Gasteiger partial charge in [0.1, 0.15) is 0 Å². The van der Waals surface area contributed by atoms with Crippen LogP contribution in [0.4, 0.5) is 0 Å². The van der Waals surface area contributed by atoms with E-state index in [9.17, 15) is 0 Å². The Balaban J connectivity index is 1.97. The Kier molecular flexibility index (Phi) is 7.74. The van der Waals surface area contributed by atoms with Gasteiger partial charge in [0, 0.05) is 6.04 Å². The summed E-state index contributed by atoms with van der Waals surface area (Å²) in [5.41, 5.74) is 1.48. The summed E-state index contributed by atoms with van der Waals surface area (Å²) >= 11 is 0. The van der Waals surface area contributed by atoms with E-state index >= 15 is 0 Å². The predicted molar refractivity (Wildman–Crippen MR) is 76.4 cm³/mol. The second-order valence-corrected chi connectivity index (χ2v) is 4.94. The fourth-order valence-electron chi connectivity index (χ4n) is 2.09. The molecule has 1 nitrogen and oxygen atoms in total. The number of rotatable bonds is 9. The lowest BCUT2D eigenvalue weighted by molar-refractivity contribution is 0.484. The normalized spacial score (nSPS) is 12.6. The Morgan fingerprint density at radius 2 is 1.82 bits per heavy atom. The molecule has 0 fully saturated rings. The molecule has 1 aromatic carbocycles. The lowest BCUT2D eigenvalue weighted by Crippen LogP contribution is -2.26. The molecule has 1 rings (SSSR count). The SMILES string of the molecule is CCCNC(C)CCCCCc1ccccc1. The maximum absolute atomic E-state index is 3.54. The average Bonchev–Trinajstić information content (AvgIpc) is 2.37. The van der Waals surface area contributed by atoms with Crippen LogP contribution in [0.15, 0.2) is 30.3 Å². The molecule has 0 amide bonds. The minimum Gasteiger partial charge on any atom is -0.314 e. The Morgan fingerprint density at radius 3 is 2.53 bits per heavy atom. The molecule has 1 heteroatoms. The summed E-state index contributed by atoms with van der Waals surface area (Å²) in [4.78, 5) is 0. The molecule has 1 unspecified atom stereocenters. The van der Waals surface area contributed by atoms with Gasteiger partial charge in [0.15, 0.2) is 0 Å². The van der Waals surface area contributed by atoms with E-state index in [4.69, 9.17) is 0 Å². The third-order valence-electron chi connectivity index (χ3n) is 3.19. The van der Waals surface area contributed by atoms with Crippen molar-refractivity contribution in [3.05, 3.63) is 35.9 Å². The van der Waals surface area contributed by atoms with E-state index in [1.165, 1.54) is 44.1 Å². The van der Waals surface area contributed by atoms with Crippen LogP contribution >= 0.6 is 0 Å². The van der Waals surface area contributed by atoms with Crippen molar-refractivity contribution in [2.45, 2.75) is 58.4 Å². The summed E-state index contributed by atoms with van der Waals surface area (Å²) in [6, 6.07) is 11.5. The van der Waals surface area contributed by atoms with Crippen LogP contribution in [-0.4, -0.2) is 12.6 Å². The van der Waals surface area contributed by atoms with Crippen LogP contribution in [0.5, 0.6) is 0 Å². The zero-order valence-corrected chi connectivity index (χ0v) is 11.4. The van der Waals surface area contributed by atoms with Gasteiger partial charge in [-0.05, 0) is 44.7 Å². The molecule has 1 atom stereocenters. The molecule has 96 valence electrons. The predicted octanol–water partition coefficient (Wildman–Crippen LogP) is 4.18. The van der Waals surface area contributed by atoms with E-state index in [2.05, 4.69) is 49.5 Å². The van der Waals surface area contributed by atoms with Crippen LogP contribution in [0.25, 0.3) is 0 Å². The molecule has 1 aromatic rings. The fourth-order valence-corrected chi connectivity index (χ4v) is 2.09. The quantitative estimate of drug-likeness (QED) is 0.631. The van der Waals surface area contributed by atoms with Crippen LogP contribution in [0.3, 0.4) is 0 Å². The van der Waals surface area contributed by atoms with Crippen molar-refractivity contribution in [2.24, 2.45) is 0 Å². The molecule has 0 saturated carbocycles. The number of unbranched alkanes of at least 4 members (excludes halogenated alkanes) is 2. The average molecular weight is 233 g/mol. The number of hydrogen-bond acceptors (Lipinski definition) is 1. The first-order valence-corrected chi connectivity index (χ1v) is 7.10. The highest BCUT2D eigenvalue weighted by molar-refractivity contribution is 5.14. The number of aryl methyl sites for hydroxylation is 1. The molecule has 0 aliphatic rings. The molecule has 0 aromatic heterocycles. The molecule has 0 radical (unpaired) electrons. The standard InChI is InChI=1S/C16H27N/c1-3-14-17-15(2)10-6-4-7-11-16-12-8-5-9-13-16/h5,8-9,12-13,15,17H,3-4,6-7,10-11,14H2,1-2H3. The zero-order chi connectivity index (χ0) is 12.3. The fraction of sp³-hybridized carbons (Fsp3) is 0.625. The summed E-state index contributed by atoms with van der Waals surface area (Å²) in [7, 11) is 0. The van der Waals surface area contributed by atoms with Crippen molar-refractivity contribution in [3.8, 4) is 0 Å². The van der Waals surface area contributed by atoms with Crippen LogP contribution in [0.1, 0.15) is 51.5 Å². The molecular formula is C16H27N. The third-order valence-corrected chi connectivity index (χ3v) is 3.19. The summed E-state index contributed by atoms with van der Waals surface area (Å²) in [5, 5.41) is 3.54. The number of nitrogens with one attached hydrogen (secondary N) is 1. The van der Waals surface area contributed by atoms with Crippen LogP contribution in [0, 0.1) is 0 Å². The van der Waals surface area contributed by atoms with Crippen molar-refractivity contribution in [3.63, 3.8) is 0 Å². The van der Waals surface area contributed by atoms with Gasteiger partial charge in [0.25, 0.3) is 0 Å². The minimum absolute atomic E-state index is 0.687. The van der Waals surface area contributed by atoms with Crippen LogP contribution in [0.2, 0.25) is 0 Å². The highest BCUT2D eigenvalue weighted by Crippen LogP contribution is 2.08. The van der Waals surface area contributed by atoms with Gasteiger partial charge in [-0.1, -0.05) is 50.1 Å². The Morgan fingerprint density at radius 1 is 1.06 bits per heavy atom. The van der Waals surface area contributed by atoms with Gasteiger partial charge >= 0.3 is 0 Å². The molecule has 0 bridgehead atoms. The highest BCUT2D eigenvalue weighted by atomic mass is 14.9. The second-order valence-electron chi connectivity index (χ2n) is 4.94. The monoisotopic (exact) mass is 233 g/mol. The van der Waals surface area contributed by atoms with Gasteiger partial charge in [-0.2, -0.15) is 0 Å². The van der Waals surface area contributed by atoms with Crippen LogP contribution in [-0.2, 0) is 6.42 Å². The number of benzene rings is 1. The van der Waals surface area contributed by atoms with Gasteiger partial charge in [-0.25, -0.2) is 0 Å². The molecule has 1 N–H and O–H groups in total. The Labute approximate surface area is 107 Å². The van der Waals surface area contributed by atoms with Gasteiger partial charge < -0.3 is 5.32 Å². The molecule has 17 heavy (non-hydrogen) atoms. The zero-order valence-electron chi connectivity index (χ0n) is 11.4. The largest absolute Gasteiger partial charge is 0.314 e. The van der Waals surface area contributed by atoms with Crippen molar-refractivity contribution in [2.75, 3.05) is 6.54 Å². The first kappa shape index (κ1) is 14.2. The third kappa shape index (κ3) is 7.17. The molecule has 0 heterocycles. The number of hydrogen-bond donors (Lipinski definition) is 1. The lowest BCUT2D eigenvalue weighted by atomic mass is 10.0. The second kappa shape index (κ2) is 9.23. The summed E-state index contributed by atoms with van der Waals surface area (Å²) in [5.74, 6) is 0. The van der Waals surface area contributed by atoms with Crippen molar-refractivity contribution < 1.29 is 0 Å². The van der Waals surface area contributed by atoms with Crippen molar-refractivity contribution >= 4 is 0 Å².